The van der Waals surface area contributed by atoms with Crippen LogP contribution in [0.4, 0.5) is 11.4 Å². The number of nitrogens with two attached hydrogens (primary N) is 2. The SMILES string of the molecule is N#CCC1=CN/C(=C(\C(=N)N)C(=O)Nc2cnccc2N2CCC(N)CC2)N=C1. The molecule has 0 bridgehead atoms. The molecule has 0 aromatic carbocycles. The molecule has 3 rings (SSSR count). The average molecular weight is 393 g/mol. The lowest BCUT2D eigenvalue weighted by Gasteiger charge is -2.33. The molecule has 1 aromatic heterocycles. The van der Waals surface area contributed by atoms with Gasteiger partial charge in [0.25, 0.3) is 5.91 Å². The fourth-order valence-corrected chi connectivity index (χ4v) is 3.15. The van der Waals surface area contributed by atoms with Crippen LogP contribution in [-0.2, 0) is 4.79 Å². The van der Waals surface area contributed by atoms with E-state index < -0.39 is 11.7 Å². The van der Waals surface area contributed by atoms with Gasteiger partial charge in [-0.3, -0.25) is 15.2 Å². The Morgan fingerprint density at radius 2 is 2.21 bits per heavy atom. The Labute approximate surface area is 168 Å². The number of anilines is 2. The van der Waals surface area contributed by atoms with E-state index in [-0.39, 0.29) is 23.9 Å². The van der Waals surface area contributed by atoms with Crippen LogP contribution in [0.3, 0.4) is 0 Å². The van der Waals surface area contributed by atoms with E-state index in [0.29, 0.717) is 11.3 Å². The number of rotatable bonds is 5. The number of carbonyl (C=O) groups excluding carboxylic acids is 1. The standard InChI is InChI=1S/C19H23N9O/c20-5-1-12-9-25-18(26-10-12)16(17(22)23)19(29)27-14-11-24-6-2-15(14)28-7-3-13(21)4-8-28/h2,6,9-11,13,25H,1,3-4,7-8,21H2,(H3,22,23)(H,27,29)/b18-16-. The van der Waals surface area contributed by atoms with Crippen LogP contribution < -0.4 is 27.0 Å². The lowest BCUT2D eigenvalue weighted by Crippen LogP contribution is -2.40. The van der Waals surface area contributed by atoms with Gasteiger partial charge in [-0.1, -0.05) is 0 Å². The van der Waals surface area contributed by atoms with Crippen LogP contribution in [0.1, 0.15) is 19.3 Å². The maximum Gasteiger partial charge on any atom is 0.263 e. The number of amidine groups is 1. The zero-order valence-corrected chi connectivity index (χ0v) is 15.9. The molecule has 0 aliphatic carbocycles. The third-order valence-corrected chi connectivity index (χ3v) is 4.70. The zero-order chi connectivity index (χ0) is 20.8. The minimum Gasteiger partial charge on any atom is -0.383 e. The third kappa shape index (κ3) is 4.77. The van der Waals surface area contributed by atoms with Crippen LogP contribution in [0.15, 0.2) is 46.6 Å². The van der Waals surface area contributed by atoms with Gasteiger partial charge in [0, 0.05) is 43.3 Å². The summed E-state index contributed by atoms with van der Waals surface area (Å²) in [6.07, 6.45) is 8.18. The molecule has 150 valence electrons. The van der Waals surface area contributed by atoms with E-state index in [0.717, 1.165) is 31.6 Å². The number of nitrogens with zero attached hydrogens (tertiary/aromatic N) is 4. The first-order valence-corrected chi connectivity index (χ1v) is 9.20. The number of amides is 1. The van der Waals surface area contributed by atoms with Crippen LogP contribution >= 0.6 is 0 Å². The second-order valence-electron chi connectivity index (χ2n) is 6.77. The summed E-state index contributed by atoms with van der Waals surface area (Å²) in [7, 11) is 0. The van der Waals surface area contributed by atoms with Crippen molar-refractivity contribution in [1.29, 1.82) is 10.7 Å². The summed E-state index contributed by atoms with van der Waals surface area (Å²) in [5.41, 5.74) is 13.6. The second-order valence-corrected chi connectivity index (χ2v) is 6.77. The number of aromatic nitrogens is 1. The molecule has 1 fully saturated rings. The summed E-state index contributed by atoms with van der Waals surface area (Å²) < 4.78 is 0. The Morgan fingerprint density at radius 1 is 1.45 bits per heavy atom. The van der Waals surface area contributed by atoms with Crippen molar-refractivity contribution in [2.45, 2.75) is 25.3 Å². The van der Waals surface area contributed by atoms with Crippen LogP contribution in [0, 0.1) is 16.7 Å². The highest BCUT2D eigenvalue weighted by Crippen LogP contribution is 2.28. The first-order chi connectivity index (χ1) is 14.0. The molecule has 0 atom stereocenters. The molecule has 10 nitrogen and oxygen atoms in total. The quantitative estimate of drug-likeness (QED) is 0.276. The van der Waals surface area contributed by atoms with Crippen molar-refractivity contribution in [2.75, 3.05) is 23.3 Å². The van der Waals surface area contributed by atoms with E-state index in [4.69, 9.17) is 22.1 Å². The van der Waals surface area contributed by atoms with Gasteiger partial charge in [0.2, 0.25) is 0 Å². The number of allylic oxidation sites excluding steroid dienone is 1. The molecule has 0 spiro atoms. The fraction of sp³-hybridized carbons (Fsp3) is 0.316. The van der Waals surface area contributed by atoms with E-state index >= 15 is 0 Å². The maximum absolute atomic E-state index is 12.9. The smallest absolute Gasteiger partial charge is 0.263 e. The summed E-state index contributed by atoms with van der Waals surface area (Å²) in [5, 5.41) is 22.2. The number of aliphatic imine (C=N–C) groups is 1. The van der Waals surface area contributed by atoms with Gasteiger partial charge in [0.1, 0.15) is 17.2 Å². The van der Waals surface area contributed by atoms with Gasteiger partial charge in [-0.15, -0.1) is 0 Å². The molecule has 29 heavy (non-hydrogen) atoms. The number of carbonyl (C=O) groups is 1. The molecule has 7 N–H and O–H groups in total. The molecule has 0 radical (unpaired) electrons. The van der Waals surface area contributed by atoms with Crippen LogP contribution in [-0.4, -0.2) is 42.1 Å². The van der Waals surface area contributed by atoms with E-state index in [1.54, 1.807) is 18.6 Å². The number of piperidine rings is 1. The molecule has 2 aliphatic heterocycles. The fourth-order valence-electron chi connectivity index (χ4n) is 3.15. The van der Waals surface area contributed by atoms with E-state index in [2.05, 4.69) is 25.5 Å². The number of nitriles is 1. The first-order valence-electron chi connectivity index (χ1n) is 9.20. The third-order valence-electron chi connectivity index (χ3n) is 4.70. The van der Waals surface area contributed by atoms with Gasteiger partial charge < -0.3 is 27.0 Å². The van der Waals surface area contributed by atoms with Crippen LogP contribution in [0.5, 0.6) is 0 Å². The van der Waals surface area contributed by atoms with Gasteiger partial charge in [-0.2, -0.15) is 5.26 Å². The molecular weight excluding hydrogens is 370 g/mol. The highest BCUT2D eigenvalue weighted by atomic mass is 16.1. The molecule has 3 heterocycles. The molecule has 0 unspecified atom stereocenters. The van der Waals surface area contributed by atoms with E-state index in [1.807, 2.05) is 12.1 Å². The van der Waals surface area contributed by atoms with Crippen molar-refractivity contribution in [2.24, 2.45) is 16.5 Å². The highest BCUT2D eigenvalue weighted by Gasteiger charge is 2.23. The number of hydrogen-bond donors (Lipinski definition) is 5. The van der Waals surface area contributed by atoms with Crippen LogP contribution in [0.25, 0.3) is 0 Å². The lowest BCUT2D eigenvalue weighted by atomic mass is 10.1. The predicted molar refractivity (Wildman–Crippen MR) is 111 cm³/mol. The highest BCUT2D eigenvalue weighted by molar-refractivity contribution is 6.24. The lowest BCUT2D eigenvalue weighted by molar-refractivity contribution is -0.112. The molecule has 1 amide bonds. The maximum atomic E-state index is 12.9. The summed E-state index contributed by atoms with van der Waals surface area (Å²) >= 11 is 0. The van der Waals surface area contributed by atoms with Gasteiger partial charge in [-0.05, 0) is 18.9 Å². The Bertz CT molecular complexity index is 933. The number of pyridine rings is 1. The molecular formula is C19H23N9O. The van der Waals surface area contributed by atoms with Crippen molar-refractivity contribution in [3.8, 4) is 6.07 Å². The van der Waals surface area contributed by atoms with Gasteiger partial charge in [-0.25, -0.2) is 4.99 Å². The Hall–Kier alpha value is -3.71. The molecule has 1 saturated heterocycles. The van der Waals surface area contributed by atoms with Gasteiger partial charge in [0.15, 0.2) is 0 Å². The largest absolute Gasteiger partial charge is 0.383 e. The van der Waals surface area contributed by atoms with Gasteiger partial charge in [0.05, 0.1) is 30.1 Å². The monoisotopic (exact) mass is 393 g/mol. The average Bonchev–Trinajstić information content (AvgIpc) is 2.70. The van der Waals surface area contributed by atoms with Crippen molar-refractivity contribution in [1.82, 2.24) is 10.3 Å². The minimum absolute atomic E-state index is 0.0935. The molecule has 1 aromatic rings. The van der Waals surface area contributed by atoms with Crippen molar-refractivity contribution < 1.29 is 4.79 Å². The van der Waals surface area contributed by atoms with Crippen LogP contribution in [0.2, 0.25) is 0 Å². The summed E-state index contributed by atoms with van der Waals surface area (Å²) in [4.78, 5) is 23.3. The molecule has 10 heteroatoms. The topological polar surface area (TPSA) is 169 Å². The normalized spacial score (nSPS) is 18.3. The predicted octanol–water partition coefficient (Wildman–Crippen LogP) is 0.567. The minimum atomic E-state index is -0.572. The van der Waals surface area contributed by atoms with E-state index in [9.17, 15) is 4.79 Å². The van der Waals surface area contributed by atoms with Crippen molar-refractivity contribution >= 4 is 29.3 Å². The Morgan fingerprint density at radius 3 is 2.83 bits per heavy atom. The van der Waals surface area contributed by atoms with Gasteiger partial charge >= 0.3 is 0 Å². The Kier molecular flexibility index (Phi) is 6.21. The zero-order valence-electron chi connectivity index (χ0n) is 15.9. The van der Waals surface area contributed by atoms with Crippen molar-refractivity contribution in [3.63, 3.8) is 0 Å². The second kappa shape index (κ2) is 8.99. The molecule has 0 saturated carbocycles. The molecule has 2 aliphatic rings. The summed E-state index contributed by atoms with van der Waals surface area (Å²) in [6, 6.07) is 4.04. The summed E-state index contributed by atoms with van der Waals surface area (Å²) in [6.45, 7) is 1.57. The first kappa shape index (κ1) is 20.0. The number of nitrogens with one attached hydrogen (secondary N) is 3. The number of hydrogen-bond acceptors (Lipinski definition) is 8. The summed E-state index contributed by atoms with van der Waals surface area (Å²) in [5.74, 6) is -0.850. The van der Waals surface area contributed by atoms with Crippen molar-refractivity contribution in [3.05, 3.63) is 41.6 Å². The Balaban J connectivity index is 1.82. The van der Waals surface area contributed by atoms with E-state index in [1.165, 1.54) is 6.21 Å².